The van der Waals surface area contributed by atoms with Gasteiger partial charge in [-0.25, -0.2) is 9.18 Å². The molecule has 7 heteroatoms. The summed E-state index contributed by atoms with van der Waals surface area (Å²) in [6, 6.07) is 3.66. The lowest BCUT2D eigenvalue weighted by Gasteiger charge is -2.14. The van der Waals surface area contributed by atoms with Gasteiger partial charge >= 0.3 is 5.97 Å². The molecular formula is C16H20FNO4S. The lowest BCUT2D eigenvalue weighted by atomic mass is 10.2. The van der Waals surface area contributed by atoms with Crippen LogP contribution in [-0.2, 0) is 14.3 Å². The summed E-state index contributed by atoms with van der Waals surface area (Å²) in [4.78, 5) is 23.5. The summed E-state index contributed by atoms with van der Waals surface area (Å²) in [5, 5.41) is 2.58. The van der Waals surface area contributed by atoms with Crippen LogP contribution in [0.15, 0.2) is 24.3 Å². The van der Waals surface area contributed by atoms with Crippen LogP contribution in [-0.4, -0.2) is 44.1 Å². The highest BCUT2D eigenvalue weighted by Crippen LogP contribution is 2.18. The Kier molecular flexibility index (Phi) is 8.18. The van der Waals surface area contributed by atoms with Gasteiger partial charge in [-0.15, -0.1) is 0 Å². The molecule has 126 valence electrons. The first kappa shape index (κ1) is 19.0. The Hall–Kier alpha value is -2.02. The second kappa shape index (κ2) is 9.89. The Morgan fingerprint density at radius 2 is 2.13 bits per heavy atom. The quantitative estimate of drug-likeness (QED) is 0.580. The molecule has 0 unspecified atom stereocenters. The molecule has 1 atom stereocenters. The number of esters is 1. The van der Waals surface area contributed by atoms with Gasteiger partial charge in [0.1, 0.15) is 6.04 Å². The highest BCUT2D eigenvalue weighted by molar-refractivity contribution is 7.98. The van der Waals surface area contributed by atoms with Gasteiger partial charge in [-0.05, 0) is 42.2 Å². The maximum atomic E-state index is 13.6. The smallest absolute Gasteiger partial charge is 0.328 e. The molecule has 0 bridgehead atoms. The van der Waals surface area contributed by atoms with Crippen molar-refractivity contribution in [3.63, 3.8) is 0 Å². The zero-order chi connectivity index (χ0) is 17.2. The van der Waals surface area contributed by atoms with Crippen LogP contribution in [0.1, 0.15) is 12.0 Å². The van der Waals surface area contributed by atoms with Gasteiger partial charge in [0.2, 0.25) is 5.91 Å². The van der Waals surface area contributed by atoms with Gasteiger partial charge in [0.05, 0.1) is 14.2 Å². The summed E-state index contributed by atoms with van der Waals surface area (Å²) >= 11 is 1.57. The van der Waals surface area contributed by atoms with Crippen molar-refractivity contribution in [1.29, 1.82) is 0 Å². The lowest BCUT2D eigenvalue weighted by Crippen LogP contribution is -2.41. The number of nitrogens with one attached hydrogen (secondary N) is 1. The summed E-state index contributed by atoms with van der Waals surface area (Å²) in [7, 11) is 2.65. The first-order valence-electron chi connectivity index (χ1n) is 6.90. The molecule has 1 N–H and O–H groups in total. The summed E-state index contributed by atoms with van der Waals surface area (Å²) in [5.74, 6) is -0.598. The van der Waals surface area contributed by atoms with E-state index in [0.717, 1.165) is 0 Å². The molecular weight excluding hydrogens is 321 g/mol. The normalized spacial score (nSPS) is 12.0. The van der Waals surface area contributed by atoms with Crippen LogP contribution >= 0.6 is 11.8 Å². The highest BCUT2D eigenvalue weighted by Gasteiger charge is 2.19. The average Bonchev–Trinajstić information content (AvgIpc) is 2.56. The third kappa shape index (κ3) is 6.32. The van der Waals surface area contributed by atoms with E-state index in [-0.39, 0.29) is 5.75 Å². The Morgan fingerprint density at radius 1 is 1.39 bits per heavy atom. The van der Waals surface area contributed by atoms with Crippen molar-refractivity contribution in [2.45, 2.75) is 12.5 Å². The number of benzene rings is 1. The van der Waals surface area contributed by atoms with Crippen molar-refractivity contribution < 1.29 is 23.5 Å². The average molecular weight is 341 g/mol. The largest absolute Gasteiger partial charge is 0.494 e. The first-order valence-corrected chi connectivity index (χ1v) is 8.30. The van der Waals surface area contributed by atoms with Crippen molar-refractivity contribution in [1.82, 2.24) is 5.32 Å². The van der Waals surface area contributed by atoms with Gasteiger partial charge < -0.3 is 14.8 Å². The monoisotopic (exact) mass is 341 g/mol. The standard InChI is InChI=1S/C16H20FNO4S/c1-21-14-6-4-11(10-12(14)17)5-7-15(19)18-13(8-9-23-3)16(20)22-2/h4-7,10,13H,8-9H2,1-3H3,(H,18,19)/b7-5+/t13-/m0/s1. The van der Waals surface area contributed by atoms with E-state index in [1.54, 1.807) is 17.8 Å². The van der Waals surface area contributed by atoms with Crippen molar-refractivity contribution in [2.75, 3.05) is 26.2 Å². The Morgan fingerprint density at radius 3 is 2.70 bits per heavy atom. The molecule has 0 heterocycles. The van der Waals surface area contributed by atoms with Crippen LogP contribution in [0.5, 0.6) is 5.75 Å². The maximum Gasteiger partial charge on any atom is 0.328 e. The molecule has 0 aliphatic carbocycles. The molecule has 0 fully saturated rings. The number of hydrogen-bond donors (Lipinski definition) is 1. The summed E-state index contributed by atoms with van der Waals surface area (Å²) in [6.45, 7) is 0. The predicted molar refractivity (Wildman–Crippen MR) is 88.9 cm³/mol. The molecule has 0 aromatic heterocycles. The molecule has 5 nitrogen and oxygen atoms in total. The number of rotatable bonds is 8. The van der Waals surface area contributed by atoms with Gasteiger partial charge in [0.25, 0.3) is 0 Å². The molecule has 0 radical (unpaired) electrons. The van der Waals surface area contributed by atoms with E-state index in [4.69, 9.17) is 4.74 Å². The van der Waals surface area contributed by atoms with Crippen LogP contribution in [0.3, 0.4) is 0 Å². The van der Waals surface area contributed by atoms with E-state index in [2.05, 4.69) is 10.1 Å². The minimum atomic E-state index is -0.697. The van der Waals surface area contributed by atoms with E-state index in [1.807, 2.05) is 6.26 Å². The molecule has 0 saturated heterocycles. The Labute approximate surface area is 139 Å². The third-order valence-corrected chi connectivity index (χ3v) is 3.66. The number of hydrogen-bond acceptors (Lipinski definition) is 5. The molecule has 0 aliphatic rings. The Balaban J connectivity index is 2.69. The van der Waals surface area contributed by atoms with Gasteiger partial charge in [0, 0.05) is 6.08 Å². The molecule has 23 heavy (non-hydrogen) atoms. The van der Waals surface area contributed by atoms with Crippen LogP contribution < -0.4 is 10.1 Å². The van der Waals surface area contributed by atoms with Crippen molar-refractivity contribution in [2.24, 2.45) is 0 Å². The second-order valence-corrected chi connectivity index (χ2v) is 5.58. The van der Waals surface area contributed by atoms with E-state index < -0.39 is 23.7 Å². The molecule has 0 aliphatic heterocycles. The third-order valence-electron chi connectivity index (χ3n) is 3.02. The lowest BCUT2D eigenvalue weighted by molar-refractivity contribution is -0.144. The van der Waals surface area contributed by atoms with E-state index in [1.165, 1.54) is 38.5 Å². The van der Waals surface area contributed by atoms with Crippen molar-refractivity contribution in [3.05, 3.63) is 35.7 Å². The van der Waals surface area contributed by atoms with E-state index >= 15 is 0 Å². The number of halogens is 1. The van der Waals surface area contributed by atoms with Crippen molar-refractivity contribution >= 4 is 29.7 Å². The summed E-state index contributed by atoms with van der Waals surface area (Å²) in [5.41, 5.74) is 0.511. The zero-order valence-electron chi connectivity index (χ0n) is 13.3. The summed E-state index contributed by atoms with van der Waals surface area (Å²) < 4.78 is 23.0. The first-order chi connectivity index (χ1) is 11.0. The number of carbonyl (C=O) groups is 2. The number of ether oxygens (including phenoxy) is 2. The van der Waals surface area contributed by atoms with E-state index in [9.17, 15) is 14.0 Å². The van der Waals surface area contributed by atoms with Gasteiger partial charge in [-0.3, -0.25) is 4.79 Å². The summed E-state index contributed by atoms with van der Waals surface area (Å²) in [6.07, 6.45) is 5.09. The van der Waals surface area contributed by atoms with Gasteiger partial charge in [-0.1, -0.05) is 6.07 Å². The maximum absolute atomic E-state index is 13.6. The second-order valence-electron chi connectivity index (χ2n) is 4.59. The number of methoxy groups -OCH3 is 2. The fourth-order valence-electron chi connectivity index (χ4n) is 1.80. The zero-order valence-corrected chi connectivity index (χ0v) is 14.1. The van der Waals surface area contributed by atoms with Crippen LogP contribution in [0.2, 0.25) is 0 Å². The fraction of sp³-hybridized carbons (Fsp3) is 0.375. The predicted octanol–water partition coefficient (Wildman–Crippen LogP) is 2.26. The van der Waals surface area contributed by atoms with Crippen molar-refractivity contribution in [3.8, 4) is 5.75 Å². The fourth-order valence-corrected chi connectivity index (χ4v) is 2.28. The molecule has 1 aromatic rings. The molecule has 1 amide bonds. The van der Waals surface area contributed by atoms with Crippen LogP contribution in [0, 0.1) is 5.82 Å². The minimum Gasteiger partial charge on any atom is -0.494 e. The molecule has 1 aromatic carbocycles. The topological polar surface area (TPSA) is 64.6 Å². The molecule has 1 rings (SSSR count). The number of carbonyl (C=O) groups excluding carboxylic acids is 2. The highest BCUT2D eigenvalue weighted by atomic mass is 32.2. The van der Waals surface area contributed by atoms with Gasteiger partial charge in [-0.2, -0.15) is 11.8 Å². The number of thioether (sulfide) groups is 1. The minimum absolute atomic E-state index is 0.134. The Bertz CT molecular complexity index is 577. The molecule has 0 spiro atoms. The van der Waals surface area contributed by atoms with Gasteiger partial charge in [0.15, 0.2) is 11.6 Å². The van der Waals surface area contributed by atoms with Crippen LogP contribution in [0.4, 0.5) is 4.39 Å². The van der Waals surface area contributed by atoms with E-state index in [0.29, 0.717) is 17.7 Å². The van der Waals surface area contributed by atoms with Crippen LogP contribution in [0.25, 0.3) is 6.08 Å². The number of amides is 1. The SMILES string of the molecule is COC(=O)[C@H](CCSC)NC(=O)/C=C/c1ccc(OC)c(F)c1. The molecule has 0 saturated carbocycles.